The van der Waals surface area contributed by atoms with Gasteiger partial charge in [0, 0.05) is 6.61 Å². The molecule has 3 nitrogen and oxygen atoms in total. The highest BCUT2D eigenvalue weighted by Crippen LogP contribution is 2.06. The Morgan fingerprint density at radius 2 is 1.82 bits per heavy atom. The summed E-state index contributed by atoms with van der Waals surface area (Å²) < 4.78 is 5.58. The normalized spacial score (nSPS) is 14.2. The third kappa shape index (κ3) is 9.14. The molecule has 1 N–H and O–H groups in total. The molecule has 0 fully saturated rings. The Morgan fingerprint density at radius 3 is 2.41 bits per heavy atom. The SMILES string of the molecule is CCCCCCCOCC(C)(C#N)NCCC. The van der Waals surface area contributed by atoms with Crippen LogP contribution in [0.3, 0.4) is 0 Å². The number of rotatable bonds is 11. The Labute approximate surface area is 107 Å². The van der Waals surface area contributed by atoms with Gasteiger partial charge in [-0.25, -0.2) is 0 Å². The lowest BCUT2D eigenvalue weighted by molar-refractivity contribution is 0.0923. The van der Waals surface area contributed by atoms with E-state index in [1.165, 1.54) is 25.7 Å². The van der Waals surface area contributed by atoms with Crippen LogP contribution >= 0.6 is 0 Å². The van der Waals surface area contributed by atoms with E-state index in [1.807, 2.05) is 6.92 Å². The molecule has 0 aromatic rings. The summed E-state index contributed by atoms with van der Waals surface area (Å²) in [6, 6.07) is 2.29. The topological polar surface area (TPSA) is 45.0 Å². The molecule has 0 heterocycles. The lowest BCUT2D eigenvalue weighted by atomic mass is 10.1. The van der Waals surface area contributed by atoms with E-state index in [1.54, 1.807) is 0 Å². The summed E-state index contributed by atoms with van der Waals surface area (Å²) in [5, 5.41) is 12.3. The van der Waals surface area contributed by atoms with Gasteiger partial charge in [-0.1, -0.05) is 39.5 Å². The number of hydrogen-bond donors (Lipinski definition) is 1. The summed E-state index contributed by atoms with van der Waals surface area (Å²) in [6.45, 7) is 8.34. The van der Waals surface area contributed by atoms with Gasteiger partial charge in [-0.3, -0.25) is 5.32 Å². The largest absolute Gasteiger partial charge is 0.378 e. The van der Waals surface area contributed by atoms with Gasteiger partial charge in [-0.05, 0) is 26.3 Å². The van der Waals surface area contributed by atoms with Crippen molar-refractivity contribution in [2.45, 2.75) is 64.8 Å². The van der Waals surface area contributed by atoms with Crippen LogP contribution in [0.25, 0.3) is 0 Å². The van der Waals surface area contributed by atoms with Crippen molar-refractivity contribution in [2.24, 2.45) is 0 Å². The Balaban J connectivity index is 3.53. The number of nitriles is 1. The molecule has 0 saturated carbocycles. The molecule has 0 spiro atoms. The molecular weight excluding hydrogens is 212 g/mol. The average Bonchev–Trinajstić information content (AvgIpc) is 2.35. The molecule has 17 heavy (non-hydrogen) atoms. The minimum atomic E-state index is -0.528. The maximum absolute atomic E-state index is 9.09. The summed E-state index contributed by atoms with van der Waals surface area (Å²) >= 11 is 0. The standard InChI is InChI=1S/C14H28N2O/c1-4-6-7-8-9-11-17-13-14(3,12-15)16-10-5-2/h16H,4-11,13H2,1-3H3. The first kappa shape index (κ1) is 16.4. The minimum absolute atomic E-state index is 0.483. The Morgan fingerprint density at radius 1 is 1.12 bits per heavy atom. The molecule has 0 aliphatic heterocycles. The average molecular weight is 240 g/mol. The van der Waals surface area contributed by atoms with E-state index < -0.39 is 5.54 Å². The predicted molar refractivity (Wildman–Crippen MR) is 71.9 cm³/mol. The van der Waals surface area contributed by atoms with Crippen molar-refractivity contribution in [3.63, 3.8) is 0 Å². The van der Waals surface area contributed by atoms with Crippen LogP contribution in [0.2, 0.25) is 0 Å². The predicted octanol–water partition coefficient (Wildman–Crippen LogP) is 3.26. The smallest absolute Gasteiger partial charge is 0.127 e. The summed E-state index contributed by atoms with van der Waals surface area (Å²) in [5.41, 5.74) is -0.528. The van der Waals surface area contributed by atoms with Crippen molar-refractivity contribution in [1.29, 1.82) is 5.26 Å². The zero-order chi connectivity index (χ0) is 13.0. The summed E-state index contributed by atoms with van der Waals surface area (Å²) in [6.07, 6.45) is 7.26. The van der Waals surface area contributed by atoms with E-state index in [9.17, 15) is 0 Å². The van der Waals surface area contributed by atoms with E-state index >= 15 is 0 Å². The third-order valence-corrected chi connectivity index (χ3v) is 2.79. The molecule has 0 rings (SSSR count). The Bertz CT molecular complexity index is 213. The first-order chi connectivity index (χ1) is 8.18. The summed E-state index contributed by atoms with van der Waals surface area (Å²) in [5.74, 6) is 0. The second kappa shape index (κ2) is 10.6. The van der Waals surface area contributed by atoms with Crippen LogP contribution in [-0.2, 0) is 4.74 Å². The third-order valence-electron chi connectivity index (χ3n) is 2.79. The van der Waals surface area contributed by atoms with Gasteiger partial charge >= 0.3 is 0 Å². The van der Waals surface area contributed by atoms with Gasteiger partial charge in [0.2, 0.25) is 0 Å². The highest BCUT2D eigenvalue weighted by molar-refractivity contribution is 5.03. The molecule has 100 valence electrons. The van der Waals surface area contributed by atoms with Crippen LogP contribution in [-0.4, -0.2) is 25.3 Å². The molecule has 3 heteroatoms. The molecule has 0 aromatic carbocycles. The summed E-state index contributed by atoms with van der Waals surface area (Å²) in [7, 11) is 0. The van der Waals surface area contributed by atoms with Crippen molar-refractivity contribution < 1.29 is 4.74 Å². The van der Waals surface area contributed by atoms with Crippen molar-refractivity contribution in [3.8, 4) is 6.07 Å². The zero-order valence-corrected chi connectivity index (χ0v) is 11.7. The van der Waals surface area contributed by atoms with E-state index in [-0.39, 0.29) is 0 Å². The van der Waals surface area contributed by atoms with Gasteiger partial charge in [0.15, 0.2) is 0 Å². The van der Waals surface area contributed by atoms with Gasteiger partial charge in [-0.15, -0.1) is 0 Å². The summed E-state index contributed by atoms with van der Waals surface area (Å²) in [4.78, 5) is 0. The highest BCUT2D eigenvalue weighted by atomic mass is 16.5. The van der Waals surface area contributed by atoms with Crippen molar-refractivity contribution in [2.75, 3.05) is 19.8 Å². The van der Waals surface area contributed by atoms with Crippen LogP contribution in [0.1, 0.15) is 59.3 Å². The molecule has 0 aromatic heterocycles. The Hall–Kier alpha value is -0.590. The molecule has 1 unspecified atom stereocenters. The van der Waals surface area contributed by atoms with Gasteiger partial charge in [0.25, 0.3) is 0 Å². The second-order valence-corrected chi connectivity index (χ2v) is 4.84. The molecular formula is C14H28N2O. The molecule has 0 aliphatic carbocycles. The fourth-order valence-corrected chi connectivity index (χ4v) is 1.61. The van der Waals surface area contributed by atoms with E-state index in [4.69, 9.17) is 10.00 Å². The Kier molecular flexibility index (Phi) is 10.2. The number of unbranched alkanes of at least 4 members (excludes halogenated alkanes) is 4. The molecule has 0 amide bonds. The first-order valence-corrected chi connectivity index (χ1v) is 6.92. The van der Waals surface area contributed by atoms with Crippen molar-refractivity contribution in [1.82, 2.24) is 5.32 Å². The molecule has 0 aliphatic rings. The van der Waals surface area contributed by atoms with Gasteiger partial charge < -0.3 is 4.74 Å². The van der Waals surface area contributed by atoms with Gasteiger partial charge in [-0.2, -0.15) is 5.26 Å². The van der Waals surface area contributed by atoms with Crippen LogP contribution in [0.5, 0.6) is 0 Å². The monoisotopic (exact) mass is 240 g/mol. The zero-order valence-electron chi connectivity index (χ0n) is 11.7. The van der Waals surface area contributed by atoms with E-state index in [2.05, 4.69) is 25.2 Å². The number of hydrogen-bond acceptors (Lipinski definition) is 3. The minimum Gasteiger partial charge on any atom is -0.378 e. The fourth-order valence-electron chi connectivity index (χ4n) is 1.61. The quantitative estimate of drug-likeness (QED) is 0.564. The van der Waals surface area contributed by atoms with Crippen LogP contribution in [0.4, 0.5) is 0 Å². The maximum atomic E-state index is 9.09. The van der Waals surface area contributed by atoms with Gasteiger partial charge in [0.05, 0.1) is 12.7 Å². The number of nitrogens with one attached hydrogen (secondary N) is 1. The fraction of sp³-hybridized carbons (Fsp3) is 0.929. The molecule has 0 saturated heterocycles. The van der Waals surface area contributed by atoms with Gasteiger partial charge in [0.1, 0.15) is 5.54 Å². The molecule has 0 radical (unpaired) electrons. The van der Waals surface area contributed by atoms with Crippen LogP contribution in [0.15, 0.2) is 0 Å². The second-order valence-electron chi connectivity index (χ2n) is 4.84. The van der Waals surface area contributed by atoms with E-state index in [0.717, 1.165) is 26.0 Å². The first-order valence-electron chi connectivity index (χ1n) is 6.92. The lowest BCUT2D eigenvalue weighted by Crippen LogP contribution is -2.45. The van der Waals surface area contributed by atoms with Crippen LogP contribution < -0.4 is 5.32 Å². The van der Waals surface area contributed by atoms with Crippen LogP contribution in [0, 0.1) is 11.3 Å². The van der Waals surface area contributed by atoms with Crippen molar-refractivity contribution in [3.05, 3.63) is 0 Å². The number of nitrogens with zero attached hydrogens (tertiary/aromatic N) is 1. The highest BCUT2D eigenvalue weighted by Gasteiger charge is 2.22. The lowest BCUT2D eigenvalue weighted by Gasteiger charge is -2.22. The van der Waals surface area contributed by atoms with E-state index in [0.29, 0.717) is 6.61 Å². The maximum Gasteiger partial charge on any atom is 0.127 e. The van der Waals surface area contributed by atoms with Crippen molar-refractivity contribution >= 4 is 0 Å². The molecule has 0 bridgehead atoms. The molecule has 1 atom stereocenters. The number of ether oxygens (including phenoxy) is 1.